The number of aromatic nitrogens is 1. The van der Waals surface area contributed by atoms with Crippen molar-refractivity contribution in [1.82, 2.24) is 4.98 Å². The highest BCUT2D eigenvalue weighted by atomic mass is 35.5. The summed E-state index contributed by atoms with van der Waals surface area (Å²) in [5.74, 6) is 0. The molecule has 0 aliphatic heterocycles. The Hall–Kier alpha value is -0.550. The van der Waals surface area contributed by atoms with Crippen LogP contribution in [0.3, 0.4) is 0 Å². The lowest BCUT2D eigenvalue weighted by Gasteiger charge is -1.96. The third-order valence-corrected chi connectivity index (χ3v) is 3.30. The molecule has 0 aliphatic carbocycles. The molecule has 0 spiro atoms. The zero-order valence-corrected chi connectivity index (χ0v) is 10.1. The van der Waals surface area contributed by atoms with E-state index in [9.17, 15) is 0 Å². The van der Waals surface area contributed by atoms with Crippen LogP contribution >= 0.6 is 34.5 Å². The van der Waals surface area contributed by atoms with Crippen LogP contribution in [0.25, 0.3) is 10.2 Å². The highest BCUT2D eigenvalue weighted by Crippen LogP contribution is 2.33. The van der Waals surface area contributed by atoms with Crippen molar-refractivity contribution in [3.05, 3.63) is 22.2 Å². The third-order valence-electron chi connectivity index (χ3n) is 1.83. The molecule has 0 amide bonds. The van der Waals surface area contributed by atoms with Gasteiger partial charge in [-0.05, 0) is 12.1 Å². The van der Waals surface area contributed by atoms with E-state index in [2.05, 4.69) is 10.3 Å². The lowest BCUT2D eigenvalue weighted by molar-refractivity contribution is 1.02. The standard InChI is InChI=1S/C9H9Cl2N3S/c10-5-3-6(11)8-7(4-5)15-9(14-8)13-2-1-12/h3-4H,1-2,12H2,(H,13,14). The molecule has 0 fully saturated rings. The minimum atomic E-state index is 0.574. The molecule has 1 heterocycles. The molecule has 0 atom stereocenters. The average Bonchev–Trinajstić information content (AvgIpc) is 2.57. The number of thiazole rings is 1. The van der Waals surface area contributed by atoms with Crippen LogP contribution in [-0.2, 0) is 0 Å². The minimum Gasteiger partial charge on any atom is -0.360 e. The van der Waals surface area contributed by atoms with Crippen molar-refractivity contribution < 1.29 is 0 Å². The van der Waals surface area contributed by atoms with Gasteiger partial charge < -0.3 is 11.1 Å². The predicted octanol–water partition coefficient (Wildman–Crippen LogP) is 2.97. The lowest BCUT2D eigenvalue weighted by atomic mass is 10.3. The highest BCUT2D eigenvalue weighted by Gasteiger charge is 2.07. The summed E-state index contributed by atoms with van der Waals surface area (Å²) in [6.07, 6.45) is 0. The van der Waals surface area contributed by atoms with Crippen molar-refractivity contribution in [1.29, 1.82) is 0 Å². The number of rotatable bonds is 3. The van der Waals surface area contributed by atoms with Gasteiger partial charge in [0.15, 0.2) is 5.13 Å². The first-order chi connectivity index (χ1) is 7.20. The van der Waals surface area contributed by atoms with Crippen LogP contribution < -0.4 is 11.1 Å². The van der Waals surface area contributed by atoms with Gasteiger partial charge in [-0.2, -0.15) is 0 Å². The number of hydrogen-bond acceptors (Lipinski definition) is 4. The molecule has 0 saturated heterocycles. The quantitative estimate of drug-likeness (QED) is 0.894. The first-order valence-corrected chi connectivity index (χ1v) is 5.97. The van der Waals surface area contributed by atoms with Gasteiger partial charge in [-0.3, -0.25) is 0 Å². The molecule has 2 rings (SSSR count). The molecule has 0 bridgehead atoms. The van der Waals surface area contributed by atoms with Gasteiger partial charge in [-0.15, -0.1) is 0 Å². The second-order valence-corrected chi connectivity index (χ2v) is 4.84. The second-order valence-electron chi connectivity index (χ2n) is 2.97. The fraction of sp³-hybridized carbons (Fsp3) is 0.222. The SMILES string of the molecule is NCCNc1nc2c(Cl)cc(Cl)cc2s1. The van der Waals surface area contributed by atoms with Gasteiger partial charge in [0.25, 0.3) is 0 Å². The van der Waals surface area contributed by atoms with Crippen LogP contribution in [0.2, 0.25) is 10.0 Å². The van der Waals surface area contributed by atoms with Crippen molar-refractivity contribution in [2.24, 2.45) is 5.73 Å². The first-order valence-electron chi connectivity index (χ1n) is 4.40. The minimum absolute atomic E-state index is 0.574. The molecule has 6 heteroatoms. The van der Waals surface area contributed by atoms with Crippen molar-refractivity contribution in [2.45, 2.75) is 0 Å². The summed E-state index contributed by atoms with van der Waals surface area (Å²) < 4.78 is 0.979. The van der Waals surface area contributed by atoms with E-state index in [4.69, 9.17) is 28.9 Å². The fourth-order valence-corrected chi connectivity index (χ4v) is 2.83. The van der Waals surface area contributed by atoms with E-state index < -0.39 is 0 Å². The molecule has 0 radical (unpaired) electrons. The monoisotopic (exact) mass is 261 g/mol. The molecule has 0 unspecified atom stereocenters. The normalized spacial score (nSPS) is 10.9. The molecule has 3 nitrogen and oxygen atoms in total. The topological polar surface area (TPSA) is 50.9 Å². The van der Waals surface area contributed by atoms with E-state index in [1.165, 1.54) is 11.3 Å². The summed E-state index contributed by atoms with van der Waals surface area (Å²) >= 11 is 13.4. The number of nitrogens with zero attached hydrogens (tertiary/aromatic N) is 1. The molecular weight excluding hydrogens is 253 g/mol. The van der Waals surface area contributed by atoms with Gasteiger partial charge in [0.1, 0.15) is 5.52 Å². The highest BCUT2D eigenvalue weighted by molar-refractivity contribution is 7.22. The molecule has 0 saturated carbocycles. The largest absolute Gasteiger partial charge is 0.360 e. The van der Waals surface area contributed by atoms with Gasteiger partial charge in [-0.25, -0.2) is 4.98 Å². The van der Waals surface area contributed by atoms with E-state index >= 15 is 0 Å². The third kappa shape index (κ3) is 2.34. The first kappa shape index (κ1) is 11.0. The molecule has 2 aromatic rings. The van der Waals surface area contributed by atoms with Crippen molar-refractivity contribution >= 4 is 49.9 Å². The maximum Gasteiger partial charge on any atom is 0.183 e. The summed E-state index contributed by atoms with van der Waals surface area (Å²) in [6.45, 7) is 1.27. The van der Waals surface area contributed by atoms with E-state index in [1.807, 2.05) is 6.07 Å². The predicted molar refractivity (Wildman–Crippen MR) is 67.2 cm³/mol. The Bertz CT molecular complexity index is 483. The summed E-state index contributed by atoms with van der Waals surface area (Å²) in [5.41, 5.74) is 6.17. The second kappa shape index (κ2) is 4.53. The van der Waals surface area contributed by atoms with Gasteiger partial charge in [-0.1, -0.05) is 34.5 Å². The molecule has 1 aromatic carbocycles. The number of hydrogen-bond donors (Lipinski definition) is 2. The van der Waals surface area contributed by atoms with Crippen LogP contribution in [0, 0.1) is 0 Å². The van der Waals surface area contributed by atoms with E-state index in [0.29, 0.717) is 23.1 Å². The Morgan fingerprint density at radius 1 is 1.40 bits per heavy atom. The molecule has 1 aromatic heterocycles. The van der Waals surface area contributed by atoms with Crippen LogP contribution in [-0.4, -0.2) is 18.1 Å². The Morgan fingerprint density at radius 2 is 2.20 bits per heavy atom. The van der Waals surface area contributed by atoms with Gasteiger partial charge in [0, 0.05) is 18.1 Å². The number of fused-ring (bicyclic) bond motifs is 1. The van der Waals surface area contributed by atoms with Crippen molar-refractivity contribution in [2.75, 3.05) is 18.4 Å². The molecule has 3 N–H and O–H groups in total. The maximum atomic E-state index is 6.02. The van der Waals surface area contributed by atoms with E-state index in [0.717, 1.165) is 15.3 Å². The van der Waals surface area contributed by atoms with E-state index in [1.54, 1.807) is 6.07 Å². The van der Waals surface area contributed by atoms with E-state index in [-0.39, 0.29) is 0 Å². The number of anilines is 1. The van der Waals surface area contributed by atoms with Crippen LogP contribution in [0.5, 0.6) is 0 Å². The Morgan fingerprint density at radius 3 is 2.93 bits per heavy atom. The van der Waals surface area contributed by atoms with Crippen molar-refractivity contribution in [3.63, 3.8) is 0 Å². The summed E-state index contributed by atoms with van der Waals surface area (Å²) in [4.78, 5) is 4.35. The fourth-order valence-electron chi connectivity index (χ4n) is 1.21. The number of benzene rings is 1. The van der Waals surface area contributed by atoms with Crippen LogP contribution in [0.4, 0.5) is 5.13 Å². The Balaban J connectivity index is 2.41. The number of halogens is 2. The van der Waals surface area contributed by atoms with Crippen molar-refractivity contribution in [3.8, 4) is 0 Å². The molecular formula is C9H9Cl2N3S. The maximum absolute atomic E-state index is 6.02. The summed E-state index contributed by atoms with van der Waals surface area (Å²) in [5, 5.41) is 5.13. The van der Waals surface area contributed by atoms with Crippen LogP contribution in [0.15, 0.2) is 12.1 Å². The summed E-state index contributed by atoms with van der Waals surface area (Å²) in [7, 11) is 0. The Kier molecular flexibility index (Phi) is 3.31. The van der Waals surface area contributed by atoms with Crippen LogP contribution in [0.1, 0.15) is 0 Å². The van der Waals surface area contributed by atoms with Gasteiger partial charge in [0.2, 0.25) is 0 Å². The number of nitrogens with one attached hydrogen (secondary N) is 1. The zero-order chi connectivity index (χ0) is 10.8. The number of nitrogens with two attached hydrogens (primary N) is 1. The summed E-state index contributed by atoms with van der Waals surface area (Å²) in [6, 6.07) is 3.55. The molecule has 15 heavy (non-hydrogen) atoms. The molecule has 0 aliphatic rings. The smallest absolute Gasteiger partial charge is 0.183 e. The van der Waals surface area contributed by atoms with Gasteiger partial charge >= 0.3 is 0 Å². The lowest BCUT2D eigenvalue weighted by Crippen LogP contribution is -2.12. The van der Waals surface area contributed by atoms with Gasteiger partial charge in [0.05, 0.1) is 9.72 Å². The average molecular weight is 262 g/mol. The molecule has 80 valence electrons. The zero-order valence-electron chi connectivity index (χ0n) is 7.76. The Labute approximate surface area is 101 Å².